The number of carboxylic acids is 1. The second-order valence-electron chi connectivity index (χ2n) is 4.33. The highest BCUT2D eigenvalue weighted by molar-refractivity contribution is 6.24. The van der Waals surface area contributed by atoms with E-state index in [-0.39, 0.29) is 36.4 Å². The standard InChI is InChI=1S/C13H17NO6/c1-20-12(19)6-5-10(16)13-8(14-7-11(17)18)3-2-4-9(13)15/h16H,2-7H2,1H3,(H,17,18). The van der Waals surface area contributed by atoms with Crippen LogP contribution in [0.1, 0.15) is 32.1 Å². The van der Waals surface area contributed by atoms with Gasteiger partial charge in [0.2, 0.25) is 0 Å². The molecule has 1 aliphatic carbocycles. The molecule has 0 bridgehead atoms. The molecule has 0 atom stereocenters. The molecule has 20 heavy (non-hydrogen) atoms. The fourth-order valence-corrected chi connectivity index (χ4v) is 1.92. The van der Waals surface area contributed by atoms with Gasteiger partial charge in [-0.2, -0.15) is 0 Å². The number of aliphatic imine (C=N–C) groups is 1. The number of aliphatic hydroxyl groups is 1. The number of nitrogens with zero attached hydrogens (tertiary/aromatic N) is 1. The van der Waals surface area contributed by atoms with Crippen molar-refractivity contribution in [3.63, 3.8) is 0 Å². The summed E-state index contributed by atoms with van der Waals surface area (Å²) in [5, 5.41) is 18.6. The van der Waals surface area contributed by atoms with E-state index in [0.717, 1.165) is 0 Å². The lowest BCUT2D eigenvalue weighted by atomic mass is 9.89. The number of hydrogen-bond donors (Lipinski definition) is 2. The van der Waals surface area contributed by atoms with Gasteiger partial charge in [-0.05, 0) is 12.8 Å². The molecule has 0 aliphatic heterocycles. The van der Waals surface area contributed by atoms with Gasteiger partial charge in [-0.15, -0.1) is 0 Å². The minimum absolute atomic E-state index is 0.0279. The fraction of sp³-hybridized carbons (Fsp3) is 0.538. The predicted octanol–water partition coefficient (Wildman–Crippen LogP) is 1.03. The van der Waals surface area contributed by atoms with E-state index in [1.807, 2.05) is 0 Å². The average Bonchev–Trinajstić information content (AvgIpc) is 2.42. The molecule has 2 N–H and O–H groups in total. The van der Waals surface area contributed by atoms with Crippen LogP contribution in [0.2, 0.25) is 0 Å². The SMILES string of the molecule is COC(=O)CCC(O)=C1C(=O)CCCC1=NCC(=O)O. The zero-order chi connectivity index (χ0) is 15.1. The van der Waals surface area contributed by atoms with Gasteiger partial charge in [0.25, 0.3) is 0 Å². The summed E-state index contributed by atoms with van der Waals surface area (Å²) in [6, 6.07) is 0. The Morgan fingerprint density at radius 2 is 1.95 bits per heavy atom. The Hall–Kier alpha value is -2.18. The molecule has 0 aromatic heterocycles. The van der Waals surface area contributed by atoms with Crippen LogP contribution >= 0.6 is 0 Å². The molecule has 7 heteroatoms. The first kappa shape index (κ1) is 15.9. The Kier molecular flexibility index (Phi) is 5.89. The van der Waals surface area contributed by atoms with E-state index in [2.05, 4.69) is 9.73 Å². The number of aliphatic carboxylic acids is 1. The highest BCUT2D eigenvalue weighted by Gasteiger charge is 2.25. The van der Waals surface area contributed by atoms with E-state index in [1.165, 1.54) is 7.11 Å². The van der Waals surface area contributed by atoms with Crippen molar-refractivity contribution < 1.29 is 29.3 Å². The Balaban J connectivity index is 2.92. The van der Waals surface area contributed by atoms with Crippen LogP contribution < -0.4 is 0 Å². The van der Waals surface area contributed by atoms with Crippen molar-refractivity contribution in [2.45, 2.75) is 32.1 Å². The van der Waals surface area contributed by atoms with Crippen LogP contribution in [-0.4, -0.2) is 47.3 Å². The summed E-state index contributed by atoms with van der Waals surface area (Å²) in [5.41, 5.74) is 0.354. The van der Waals surface area contributed by atoms with Crippen LogP contribution in [0.15, 0.2) is 16.3 Å². The molecule has 0 unspecified atom stereocenters. The van der Waals surface area contributed by atoms with Crippen LogP contribution in [0.5, 0.6) is 0 Å². The van der Waals surface area contributed by atoms with Gasteiger partial charge in [-0.1, -0.05) is 0 Å². The molecule has 0 spiro atoms. The molecule has 0 aromatic carbocycles. The molecular weight excluding hydrogens is 266 g/mol. The quantitative estimate of drug-likeness (QED) is 0.442. The van der Waals surface area contributed by atoms with Crippen molar-refractivity contribution in [2.75, 3.05) is 13.7 Å². The number of aliphatic hydroxyl groups excluding tert-OH is 1. The van der Waals surface area contributed by atoms with Gasteiger partial charge in [0.15, 0.2) is 5.78 Å². The zero-order valence-electron chi connectivity index (χ0n) is 11.2. The van der Waals surface area contributed by atoms with Crippen LogP contribution in [0.4, 0.5) is 0 Å². The van der Waals surface area contributed by atoms with Gasteiger partial charge in [-0.3, -0.25) is 19.4 Å². The summed E-state index contributed by atoms with van der Waals surface area (Å²) in [6.45, 7) is -0.448. The van der Waals surface area contributed by atoms with Gasteiger partial charge in [0.05, 0.1) is 19.1 Å². The van der Waals surface area contributed by atoms with E-state index >= 15 is 0 Å². The Bertz CT molecular complexity index is 477. The number of ketones is 1. The van der Waals surface area contributed by atoms with Crippen molar-refractivity contribution in [1.29, 1.82) is 0 Å². The first-order chi connectivity index (χ1) is 9.45. The summed E-state index contributed by atoms with van der Waals surface area (Å²) < 4.78 is 4.46. The summed E-state index contributed by atoms with van der Waals surface area (Å²) in [5.74, 6) is -2.11. The lowest BCUT2D eigenvalue weighted by Crippen LogP contribution is -2.22. The summed E-state index contributed by atoms with van der Waals surface area (Å²) in [6.07, 6.45) is 1.22. The maximum Gasteiger partial charge on any atom is 0.325 e. The van der Waals surface area contributed by atoms with E-state index < -0.39 is 18.5 Å². The number of methoxy groups -OCH3 is 1. The Morgan fingerprint density at radius 1 is 1.25 bits per heavy atom. The molecule has 7 nitrogen and oxygen atoms in total. The third-order valence-electron chi connectivity index (χ3n) is 2.87. The fourth-order valence-electron chi connectivity index (χ4n) is 1.92. The van der Waals surface area contributed by atoms with Gasteiger partial charge in [0, 0.05) is 18.6 Å². The highest BCUT2D eigenvalue weighted by atomic mass is 16.5. The van der Waals surface area contributed by atoms with Crippen molar-refractivity contribution in [1.82, 2.24) is 0 Å². The van der Waals surface area contributed by atoms with E-state index in [1.54, 1.807) is 0 Å². The number of ether oxygens (including phenoxy) is 1. The molecule has 110 valence electrons. The second kappa shape index (κ2) is 7.42. The molecule has 0 radical (unpaired) electrons. The first-order valence-electron chi connectivity index (χ1n) is 6.23. The molecular formula is C13H17NO6. The van der Waals surface area contributed by atoms with Crippen LogP contribution in [-0.2, 0) is 19.1 Å². The van der Waals surface area contributed by atoms with E-state index in [9.17, 15) is 19.5 Å². The normalized spacial score (nSPS) is 19.9. The van der Waals surface area contributed by atoms with Crippen molar-refractivity contribution >= 4 is 23.4 Å². The largest absolute Gasteiger partial charge is 0.511 e. The number of carbonyl (C=O) groups excluding carboxylic acids is 2. The number of Topliss-reactive ketones (excluding diaryl/α,β-unsaturated/α-hetero) is 1. The Morgan fingerprint density at radius 3 is 2.55 bits per heavy atom. The highest BCUT2D eigenvalue weighted by Crippen LogP contribution is 2.22. The lowest BCUT2D eigenvalue weighted by Gasteiger charge is -2.17. The Labute approximate surface area is 116 Å². The minimum atomic E-state index is -1.11. The molecule has 0 saturated heterocycles. The first-order valence-corrected chi connectivity index (χ1v) is 6.23. The van der Waals surface area contributed by atoms with Gasteiger partial charge < -0.3 is 14.9 Å². The zero-order valence-corrected chi connectivity index (χ0v) is 11.2. The maximum absolute atomic E-state index is 11.8. The maximum atomic E-state index is 11.8. The number of allylic oxidation sites excluding steroid dienone is 2. The summed E-state index contributed by atoms with van der Waals surface area (Å²) >= 11 is 0. The smallest absolute Gasteiger partial charge is 0.325 e. The van der Waals surface area contributed by atoms with Crippen LogP contribution in [0.3, 0.4) is 0 Å². The number of esters is 1. The molecule has 0 amide bonds. The number of carboxylic acid groups (broad SMARTS) is 1. The number of carbonyl (C=O) groups is 3. The van der Waals surface area contributed by atoms with Crippen molar-refractivity contribution in [2.24, 2.45) is 4.99 Å². The van der Waals surface area contributed by atoms with Gasteiger partial charge >= 0.3 is 11.9 Å². The molecule has 1 fully saturated rings. The number of hydrogen-bond acceptors (Lipinski definition) is 6. The molecule has 0 heterocycles. The van der Waals surface area contributed by atoms with E-state index in [0.29, 0.717) is 18.6 Å². The van der Waals surface area contributed by atoms with Gasteiger partial charge in [-0.25, -0.2) is 0 Å². The van der Waals surface area contributed by atoms with Crippen LogP contribution in [0.25, 0.3) is 0 Å². The monoisotopic (exact) mass is 283 g/mol. The topological polar surface area (TPSA) is 113 Å². The third-order valence-corrected chi connectivity index (χ3v) is 2.87. The predicted molar refractivity (Wildman–Crippen MR) is 69.7 cm³/mol. The molecule has 1 rings (SSSR count). The average molecular weight is 283 g/mol. The van der Waals surface area contributed by atoms with E-state index in [4.69, 9.17) is 5.11 Å². The third kappa shape index (κ3) is 4.49. The van der Waals surface area contributed by atoms with Gasteiger partial charge in [0.1, 0.15) is 12.3 Å². The molecule has 0 aromatic rings. The molecule has 1 saturated carbocycles. The lowest BCUT2D eigenvalue weighted by molar-refractivity contribution is -0.140. The minimum Gasteiger partial charge on any atom is -0.511 e. The molecule has 1 aliphatic rings. The number of rotatable bonds is 5. The van der Waals surface area contributed by atoms with Crippen LogP contribution in [0, 0.1) is 0 Å². The second-order valence-corrected chi connectivity index (χ2v) is 4.33. The summed E-state index contributed by atoms with van der Waals surface area (Å²) in [7, 11) is 1.23. The van der Waals surface area contributed by atoms with Crippen molar-refractivity contribution in [3.05, 3.63) is 11.3 Å². The van der Waals surface area contributed by atoms with Crippen molar-refractivity contribution in [3.8, 4) is 0 Å². The summed E-state index contributed by atoms with van der Waals surface area (Å²) in [4.78, 5) is 37.2.